The van der Waals surface area contributed by atoms with Crippen molar-refractivity contribution in [3.63, 3.8) is 0 Å². The Balaban J connectivity index is 2.12. The Morgan fingerprint density at radius 2 is 1.62 bits per heavy atom. The molecule has 0 aliphatic rings. The fourth-order valence-electron chi connectivity index (χ4n) is 2.52. The molecule has 5 heteroatoms. The van der Waals surface area contributed by atoms with Crippen LogP contribution in [-0.2, 0) is 4.79 Å². The highest BCUT2D eigenvalue weighted by molar-refractivity contribution is 5.97. The van der Waals surface area contributed by atoms with E-state index in [4.69, 9.17) is 0 Å². The van der Waals surface area contributed by atoms with Gasteiger partial charge in [0.05, 0.1) is 5.92 Å². The summed E-state index contributed by atoms with van der Waals surface area (Å²) in [5, 5.41) is 8.13. The van der Waals surface area contributed by atoms with Crippen LogP contribution >= 0.6 is 0 Å². The summed E-state index contributed by atoms with van der Waals surface area (Å²) in [5.74, 6) is -0.230. The highest BCUT2D eigenvalue weighted by atomic mass is 16.2. The molecule has 0 bridgehead atoms. The molecule has 1 atom stereocenters. The largest absolute Gasteiger partial charge is 0.341 e. The maximum atomic E-state index is 12.7. The van der Waals surface area contributed by atoms with Gasteiger partial charge in [-0.3, -0.25) is 4.79 Å². The summed E-state index contributed by atoms with van der Waals surface area (Å²) in [6, 6.07) is 16.6. The zero-order valence-corrected chi connectivity index (χ0v) is 14.0. The van der Waals surface area contributed by atoms with E-state index in [1.165, 1.54) is 0 Å². The van der Waals surface area contributed by atoms with Crippen LogP contribution in [0.15, 0.2) is 54.6 Å². The van der Waals surface area contributed by atoms with Crippen LogP contribution in [0, 0.1) is 0 Å². The number of hydrogen-bond acceptors (Lipinski definition) is 2. The quantitative estimate of drug-likeness (QED) is 0.752. The van der Waals surface area contributed by atoms with E-state index in [2.05, 4.69) is 22.9 Å². The Morgan fingerprint density at radius 3 is 2.25 bits per heavy atom. The normalized spacial score (nSPS) is 11.4. The van der Waals surface area contributed by atoms with Gasteiger partial charge in [0.2, 0.25) is 5.91 Å². The van der Waals surface area contributed by atoms with Gasteiger partial charge in [0.15, 0.2) is 0 Å². The third-order valence-electron chi connectivity index (χ3n) is 3.71. The first-order chi connectivity index (χ1) is 11.6. The van der Waals surface area contributed by atoms with E-state index < -0.39 is 0 Å². The van der Waals surface area contributed by atoms with Gasteiger partial charge in [0.25, 0.3) is 0 Å². The summed E-state index contributed by atoms with van der Waals surface area (Å²) in [4.78, 5) is 24.1. The lowest BCUT2D eigenvalue weighted by Crippen LogP contribution is -2.24. The Bertz CT molecular complexity index is 686. The molecule has 0 aromatic heterocycles. The maximum absolute atomic E-state index is 12.7. The molecule has 2 aromatic rings. The van der Waals surface area contributed by atoms with Crippen molar-refractivity contribution in [3.8, 4) is 0 Å². The highest BCUT2D eigenvalue weighted by Crippen LogP contribution is 2.24. The van der Waals surface area contributed by atoms with Crippen molar-refractivity contribution in [2.24, 2.45) is 0 Å². The van der Waals surface area contributed by atoms with E-state index in [-0.39, 0.29) is 17.9 Å². The molecule has 1 unspecified atom stereocenters. The van der Waals surface area contributed by atoms with Crippen molar-refractivity contribution in [1.82, 2.24) is 5.32 Å². The Hall–Kier alpha value is -2.82. The average Bonchev–Trinajstić information content (AvgIpc) is 2.60. The monoisotopic (exact) mass is 325 g/mol. The van der Waals surface area contributed by atoms with Crippen molar-refractivity contribution < 1.29 is 9.59 Å². The van der Waals surface area contributed by atoms with Gasteiger partial charge in [-0.2, -0.15) is 0 Å². The minimum atomic E-state index is -0.299. The lowest BCUT2D eigenvalue weighted by Gasteiger charge is -2.17. The van der Waals surface area contributed by atoms with E-state index >= 15 is 0 Å². The summed E-state index contributed by atoms with van der Waals surface area (Å²) in [7, 11) is 1.55. The minimum Gasteiger partial charge on any atom is -0.341 e. The van der Waals surface area contributed by atoms with Crippen LogP contribution in [0.5, 0.6) is 0 Å². The first kappa shape index (κ1) is 17.5. The lowest BCUT2D eigenvalue weighted by molar-refractivity contribution is -0.117. The van der Waals surface area contributed by atoms with Crippen LogP contribution in [0.4, 0.5) is 16.2 Å². The number of carbonyl (C=O) groups excluding carboxylic acids is 2. The second kappa shape index (κ2) is 8.72. The number of urea groups is 1. The number of benzene rings is 2. The minimum absolute atomic E-state index is 0.0415. The molecule has 0 aliphatic heterocycles. The van der Waals surface area contributed by atoms with E-state index in [0.29, 0.717) is 11.4 Å². The summed E-state index contributed by atoms with van der Waals surface area (Å²) in [5.41, 5.74) is 2.29. The smallest absolute Gasteiger partial charge is 0.318 e. The van der Waals surface area contributed by atoms with Crippen LogP contribution in [0.3, 0.4) is 0 Å². The fraction of sp³-hybridized carbons (Fsp3) is 0.263. The predicted octanol–water partition coefficient (Wildman–Crippen LogP) is 3.96. The van der Waals surface area contributed by atoms with Crippen molar-refractivity contribution in [2.45, 2.75) is 25.7 Å². The zero-order chi connectivity index (χ0) is 17.4. The average molecular weight is 325 g/mol. The molecule has 0 aliphatic carbocycles. The highest BCUT2D eigenvalue weighted by Gasteiger charge is 2.19. The molecule has 3 N–H and O–H groups in total. The molecule has 0 radical (unpaired) electrons. The molecule has 2 aromatic carbocycles. The van der Waals surface area contributed by atoms with Gasteiger partial charge < -0.3 is 16.0 Å². The number of hydrogen-bond donors (Lipinski definition) is 3. The van der Waals surface area contributed by atoms with E-state index in [0.717, 1.165) is 18.4 Å². The molecule has 0 fully saturated rings. The molecule has 0 saturated carbocycles. The van der Waals surface area contributed by atoms with Crippen LogP contribution in [0.2, 0.25) is 0 Å². The standard InChI is InChI=1S/C19H23N3O2/c1-3-8-17(14-9-5-4-6-10-14)18(23)21-15-11-7-12-16(13-15)22-19(24)20-2/h4-7,9-13,17H,3,8H2,1-2H3,(H,21,23)(H2,20,22,24). The van der Waals surface area contributed by atoms with Crippen LogP contribution in [0.25, 0.3) is 0 Å². The van der Waals surface area contributed by atoms with Crippen molar-refractivity contribution >= 4 is 23.3 Å². The molecule has 0 heterocycles. The van der Waals surface area contributed by atoms with E-state index in [1.54, 1.807) is 31.3 Å². The molecular formula is C19H23N3O2. The second-order valence-corrected chi connectivity index (χ2v) is 5.53. The van der Waals surface area contributed by atoms with Crippen molar-refractivity contribution in [2.75, 3.05) is 17.7 Å². The lowest BCUT2D eigenvalue weighted by atomic mass is 9.93. The fourth-order valence-corrected chi connectivity index (χ4v) is 2.52. The van der Waals surface area contributed by atoms with Gasteiger partial charge in [-0.25, -0.2) is 4.79 Å². The summed E-state index contributed by atoms with van der Waals surface area (Å²) >= 11 is 0. The Labute approximate surface area is 142 Å². The van der Waals surface area contributed by atoms with Gasteiger partial charge in [-0.05, 0) is 30.2 Å². The van der Waals surface area contributed by atoms with Crippen LogP contribution in [-0.4, -0.2) is 19.0 Å². The van der Waals surface area contributed by atoms with Crippen molar-refractivity contribution in [3.05, 3.63) is 60.2 Å². The first-order valence-electron chi connectivity index (χ1n) is 8.08. The molecule has 24 heavy (non-hydrogen) atoms. The predicted molar refractivity (Wildman–Crippen MR) is 97.2 cm³/mol. The SMILES string of the molecule is CCCC(C(=O)Nc1cccc(NC(=O)NC)c1)c1ccccc1. The number of nitrogens with one attached hydrogen (secondary N) is 3. The third kappa shape index (κ3) is 4.84. The Kier molecular flexibility index (Phi) is 6.37. The number of anilines is 2. The third-order valence-corrected chi connectivity index (χ3v) is 3.71. The van der Waals surface area contributed by atoms with Gasteiger partial charge in [-0.15, -0.1) is 0 Å². The molecule has 0 saturated heterocycles. The molecule has 3 amide bonds. The molecule has 5 nitrogen and oxygen atoms in total. The summed E-state index contributed by atoms with van der Waals surface area (Å²) in [6.07, 6.45) is 1.71. The van der Waals surface area contributed by atoms with Gasteiger partial charge in [0.1, 0.15) is 0 Å². The van der Waals surface area contributed by atoms with Crippen LogP contribution in [0.1, 0.15) is 31.2 Å². The topological polar surface area (TPSA) is 70.2 Å². The zero-order valence-electron chi connectivity index (χ0n) is 14.0. The maximum Gasteiger partial charge on any atom is 0.318 e. The molecule has 0 spiro atoms. The molecule has 2 rings (SSSR count). The van der Waals surface area contributed by atoms with Crippen LogP contribution < -0.4 is 16.0 Å². The Morgan fingerprint density at radius 1 is 0.958 bits per heavy atom. The number of amides is 3. The van der Waals surface area contributed by atoms with Gasteiger partial charge >= 0.3 is 6.03 Å². The van der Waals surface area contributed by atoms with Gasteiger partial charge in [-0.1, -0.05) is 49.7 Å². The molecular weight excluding hydrogens is 302 g/mol. The molecule has 126 valence electrons. The van der Waals surface area contributed by atoms with E-state index in [9.17, 15) is 9.59 Å². The summed E-state index contributed by atoms with van der Waals surface area (Å²) in [6.45, 7) is 2.07. The first-order valence-corrected chi connectivity index (χ1v) is 8.08. The van der Waals surface area contributed by atoms with Gasteiger partial charge in [0, 0.05) is 18.4 Å². The van der Waals surface area contributed by atoms with E-state index in [1.807, 2.05) is 30.3 Å². The summed E-state index contributed by atoms with van der Waals surface area (Å²) < 4.78 is 0. The number of rotatable bonds is 6. The second-order valence-electron chi connectivity index (χ2n) is 5.53. The number of carbonyl (C=O) groups is 2. The van der Waals surface area contributed by atoms with Crippen molar-refractivity contribution in [1.29, 1.82) is 0 Å².